The van der Waals surface area contributed by atoms with Gasteiger partial charge in [0.1, 0.15) is 5.82 Å². The zero-order chi connectivity index (χ0) is 13.8. The number of amides is 1. The van der Waals surface area contributed by atoms with Crippen molar-refractivity contribution in [1.82, 2.24) is 15.6 Å². The highest BCUT2D eigenvalue weighted by Crippen LogP contribution is 2.21. The van der Waals surface area contributed by atoms with Gasteiger partial charge in [0.2, 0.25) is 5.91 Å². The van der Waals surface area contributed by atoms with Gasteiger partial charge in [0.15, 0.2) is 0 Å². The highest BCUT2D eigenvalue weighted by Gasteiger charge is 2.24. The number of carbonyl (C=O) groups is 1. The second kappa shape index (κ2) is 6.02. The third kappa shape index (κ3) is 3.44. The lowest BCUT2D eigenvalue weighted by molar-refractivity contribution is -0.119. The average Bonchev–Trinajstić information content (AvgIpc) is 2.85. The molecule has 2 unspecified atom stereocenters. The van der Waals surface area contributed by atoms with E-state index in [0.717, 1.165) is 25.3 Å². The SMILES string of the molecule is CNC(C)c1ccnc(N2CCC(NC(C)=O)C2)c1. The molecule has 104 valence electrons. The highest BCUT2D eigenvalue weighted by atomic mass is 16.1. The number of anilines is 1. The summed E-state index contributed by atoms with van der Waals surface area (Å²) in [5.74, 6) is 1.03. The molecule has 1 aromatic heterocycles. The van der Waals surface area contributed by atoms with Crippen LogP contribution in [0.2, 0.25) is 0 Å². The van der Waals surface area contributed by atoms with Gasteiger partial charge in [0, 0.05) is 38.3 Å². The number of hydrogen-bond acceptors (Lipinski definition) is 4. The van der Waals surface area contributed by atoms with Crippen LogP contribution in [0.25, 0.3) is 0 Å². The first-order valence-electron chi connectivity index (χ1n) is 6.75. The molecule has 1 fully saturated rings. The smallest absolute Gasteiger partial charge is 0.217 e. The van der Waals surface area contributed by atoms with Gasteiger partial charge in [-0.15, -0.1) is 0 Å². The summed E-state index contributed by atoms with van der Waals surface area (Å²) in [7, 11) is 1.95. The van der Waals surface area contributed by atoms with Gasteiger partial charge in [-0.1, -0.05) is 0 Å². The van der Waals surface area contributed by atoms with E-state index in [4.69, 9.17) is 0 Å². The van der Waals surface area contributed by atoms with Gasteiger partial charge in [0.05, 0.1) is 0 Å². The predicted octanol–water partition coefficient (Wildman–Crippen LogP) is 1.08. The Kier molecular flexibility index (Phi) is 4.37. The van der Waals surface area contributed by atoms with Crippen LogP contribution < -0.4 is 15.5 Å². The van der Waals surface area contributed by atoms with E-state index in [9.17, 15) is 4.79 Å². The molecule has 0 radical (unpaired) electrons. The minimum Gasteiger partial charge on any atom is -0.354 e. The average molecular weight is 262 g/mol. The number of aromatic nitrogens is 1. The summed E-state index contributed by atoms with van der Waals surface area (Å²) in [6.07, 6.45) is 2.83. The normalized spacial score (nSPS) is 20.4. The number of pyridine rings is 1. The molecule has 0 aromatic carbocycles. The molecule has 2 N–H and O–H groups in total. The zero-order valence-corrected chi connectivity index (χ0v) is 11.8. The fourth-order valence-corrected chi connectivity index (χ4v) is 2.42. The van der Waals surface area contributed by atoms with Crippen LogP contribution in [-0.4, -0.2) is 37.1 Å². The Morgan fingerprint density at radius 1 is 1.58 bits per heavy atom. The van der Waals surface area contributed by atoms with Crippen molar-refractivity contribution in [3.05, 3.63) is 23.9 Å². The van der Waals surface area contributed by atoms with Gasteiger partial charge in [-0.05, 0) is 38.1 Å². The molecular formula is C14H22N4O. The monoisotopic (exact) mass is 262 g/mol. The molecular weight excluding hydrogens is 240 g/mol. The van der Waals surface area contributed by atoms with Crippen molar-refractivity contribution in [1.29, 1.82) is 0 Å². The first-order chi connectivity index (χ1) is 9.10. The number of nitrogens with zero attached hydrogens (tertiary/aromatic N) is 2. The summed E-state index contributed by atoms with van der Waals surface area (Å²) >= 11 is 0. The second-order valence-corrected chi connectivity index (χ2v) is 5.09. The molecule has 1 amide bonds. The van der Waals surface area contributed by atoms with Crippen LogP contribution in [0.3, 0.4) is 0 Å². The van der Waals surface area contributed by atoms with E-state index in [0.29, 0.717) is 6.04 Å². The number of rotatable bonds is 4. The molecule has 1 saturated heterocycles. The molecule has 2 atom stereocenters. The summed E-state index contributed by atoms with van der Waals surface area (Å²) in [6.45, 7) is 5.47. The first kappa shape index (κ1) is 13.8. The molecule has 19 heavy (non-hydrogen) atoms. The van der Waals surface area contributed by atoms with Crippen molar-refractivity contribution in [3.8, 4) is 0 Å². The van der Waals surface area contributed by atoms with Gasteiger partial charge >= 0.3 is 0 Å². The van der Waals surface area contributed by atoms with E-state index in [-0.39, 0.29) is 11.9 Å². The molecule has 5 heteroatoms. The van der Waals surface area contributed by atoms with Gasteiger partial charge in [-0.3, -0.25) is 4.79 Å². The molecule has 2 rings (SSSR count). The maximum absolute atomic E-state index is 11.1. The largest absolute Gasteiger partial charge is 0.354 e. The zero-order valence-electron chi connectivity index (χ0n) is 11.8. The van der Waals surface area contributed by atoms with Crippen molar-refractivity contribution in [2.24, 2.45) is 0 Å². The molecule has 0 aliphatic carbocycles. The lowest BCUT2D eigenvalue weighted by Gasteiger charge is -2.19. The van der Waals surface area contributed by atoms with E-state index in [2.05, 4.69) is 33.5 Å². The fraction of sp³-hybridized carbons (Fsp3) is 0.571. The van der Waals surface area contributed by atoms with Crippen molar-refractivity contribution in [2.45, 2.75) is 32.4 Å². The van der Waals surface area contributed by atoms with Gasteiger partial charge in [-0.25, -0.2) is 4.98 Å². The lowest BCUT2D eigenvalue weighted by atomic mass is 10.1. The molecule has 1 aliphatic rings. The molecule has 0 saturated carbocycles. The Balaban J connectivity index is 2.05. The van der Waals surface area contributed by atoms with Crippen molar-refractivity contribution >= 4 is 11.7 Å². The minimum atomic E-state index is 0.0392. The predicted molar refractivity (Wildman–Crippen MR) is 76.1 cm³/mol. The number of hydrogen-bond donors (Lipinski definition) is 2. The Labute approximate surface area is 114 Å². The van der Waals surface area contributed by atoms with Crippen LogP contribution in [0.4, 0.5) is 5.82 Å². The molecule has 1 aliphatic heterocycles. The van der Waals surface area contributed by atoms with Crippen LogP contribution in [0.15, 0.2) is 18.3 Å². The van der Waals surface area contributed by atoms with Gasteiger partial charge in [-0.2, -0.15) is 0 Å². The molecule has 5 nitrogen and oxygen atoms in total. The maximum atomic E-state index is 11.1. The molecule has 0 spiro atoms. The lowest BCUT2D eigenvalue weighted by Crippen LogP contribution is -2.35. The Hall–Kier alpha value is -1.62. The van der Waals surface area contributed by atoms with Gasteiger partial charge in [0.25, 0.3) is 0 Å². The third-order valence-electron chi connectivity index (χ3n) is 3.62. The van der Waals surface area contributed by atoms with E-state index in [1.165, 1.54) is 5.56 Å². The summed E-state index contributed by atoms with van der Waals surface area (Å²) in [5.41, 5.74) is 1.23. The first-order valence-corrected chi connectivity index (χ1v) is 6.75. The number of nitrogens with one attached hydrogen (secondary N) is 2. The van der Waals surface area contributed by atoms with Crippen molar-refractivity contribution in [2.75, 3.05) is 25.0 Å². The fourth-order valence-electron chi connectivity index (χ4n) is 2.42. The Morgan fingerprint density at radius 2 is 2.37 bits per heavy atom. The van der Waals surface area contributed by atoms with Crippen LogP contribution in [-0.2, 0) is 4.79 Å². The van der Waals surface area contributed by atoms with Crippen LogP contribution in [0.1, 0.15) is 31.9 Å². The van der Waals surface area contributed by atoms with E-state index in [1.807, 2.05) is 19.3 Å². The Bertz CT molecular complexity index is 449. The van der Waals surface area contributed by atoms with Crippen molar-refractivity contribution < 1.29 is 4.79 Å². The number of carbonyl (C=O) groups excluding carboxylic acids is 1. The third-order valence-corrected chi connectivity index (χ3v) is 3.62. The van der Waals surface area contributed by atoms with Gasteiger partial charge < -0.3 is 15.5 Å². The van der Waals surface area contributed by atoms with E-state index < -0.39 is 0 Å². The Morgan fingerprint density at radius 3 is 3.05 bits per heavy atom. The van der Waals surface area contributed by atoms with E-state index in [1.54, 1.807) is 6.92 Å². The van der Waals surface area contributed by atoms with Crippen LogP contribution in [0.5, 0.6) is 0 Å². The summed E-state index contributed by atoms with van der Waals surface area (Å²) < 4.78 is 0. The quantitative estimate of drug-likeness (QED) is 0.852. The maximum Gasteiger partial charge on any atom is 0.217 e. The van der Waals surface area contributed by atoms with Crippen molar-refractivity contribution in [3.63, 3.8) is 0 Å². The van der Waals surface area contributed by atoms with Crippen LogP contribution in [0, 0.1) is 0 Å². The summed E-state index contributed by atoms with van der Waals surface area (Å²) in [6, 6.07) is 4.71. The standard InChI is InChI=1S/C14H22N4O/c1-10(15-3)12-4-6-16-14(8-12)18-7-5-13(9-18)17-11(2)19/h4,6,8,10,13,15H,5,7,9H2,1-3H3,(H,17,19). The summed E-state index contributed by atoms with van der Waals surface area (Å²) in [4.78, 5) is 17.7. The molecule has 0 bridgehead atoms. The topological polar surface area (TPSA) is 57.3 Å². The minimum absolute atomic E-state index is 0.0392. The highest BCUT2D eigenvalue weighted by molar-refractivity contribution is 5.73. The van der Waals surface area contributed by atoms with Crippen LogP contribution >= 0.6 is 0 Å². The molecule has 1 aromatic rings. The molecule has 2 heterocycles. The second-order valence-electron chi connectivity index (χ2n) is 5.09. The summed E-state index contributed by atoms with van der Waals surface area (Å²) in [5, 5.41) is 6.20. The van der Waals surface area contributed by atoms with E-state index >= 15 is 0 Å².